The van der Waals surface area contributed by atoms with Crippen LogP contribution in [0.3, 0.4) is 0 Å². The second-order valence-electron chi connectivity index (χ2n) is 20.8. The van der Waals surface area contributed by atoms with Gasteiger partial charge in [0.25, 0.3) is 0 Å². The van der Waals surface area contributed by atoms with E-state index in [9.17, 15) is 0 Å². The molecule has 0 fully saturated rings. The molecule has 0 aliphatic rings. The first-order valence-corrected chi connectivity index (χ1v) is 21.9. The standard InChI is InChI=1S/C38H44N2O2.2C10H12N.2Pt/c1-35(2,3)27-17-19-39-33(23-27)41-31-21-25(13-15-29(31)37(7,8)9)26-14-16-30(38(10,11)12)32(22-26)42-34-24-28(18-20-40-34)36(4,5)6;2*1-6-11-9(4)7(2)8(3)10(11)5;;/h15-20,23-24H,1-12H3;2*2-5H3;;/q-4;2*-1;;. The first kappa shape index (κ1) is 57.5. The Balaban J connectivity index is 0.000000508. The minimum atomic E-state index is -0.190. The third-order valence-corrected chi connectivity index (χ3v) is 12.0. The molecule has 0 N–H and O–H groups in total. The fourth-order valence-corrected chi connectivity index (χ4v) is 7.07. The minimum Gasteiger partial charge on any atom is -0.669 e. The van der Waals surface area contributed by atoms with Gasteiger partial charge in [-0.3, -0.25) is 0 Å². The van der Waals surface area contributed by atoms with Crippen LogP contribution in [0, 0.1) is 105 Å². The third-order valence-electron chi connectivity index (χ3n) is 12.0. The summed E-state index contributed by atoms with van der Waals surface area (Å²) in [5, 5.41) is 0. The van der Waals surface area contributed by atoms with Crippen molar-refractivity contribution in [1.29, 1.82) is 0 Å². The quantitative estimate of drug-likeness (QED) is 0.127. The summed E-state index contributed by atoms with van der Waals surface area (Å²) >= 11 is 0. The molecule has 2 aromatic carbocycles. The molecular formula is C58H68N4O2Pt2-6. The number of rotatable bonds is 5. The maximum Gasteiger partial charge on any atom is 0.215 e. The molecule has 0 unspecified atom stereocenters. The predicted molar refractivity (Wildman–Crippen MR) is 262 cm³/mol. The molecule has 0 saturated heterocycles. The number of benzene rings is 2. The van der Waals surface area contributed by atoms with Gasteiger partial charge >= 0.3 is 0 Å². The fourth-order valence-electron chi connectivity index (χ4n) is 7.07. The van der Waals surface area contributed by atoms with Crippen LogP contribution in [0.15, 0.2) is 48.8 Å². The van der Waals surface area contributed by atoms with E-state index in [2.05, 4.69) is 157 Å². The molecule has 0 bridgehead atoms. The van der Waals surface area contributed by atoms with Crippen molar-refractivity contribution in [2.45, 2.75) is 160 Å². The Bertz CT molecular complexity index is 2470. The van der Waals surface area contributed by atoms with Crippen molar-refractivity contribution >= 4 is 0 Å². The van der Waals surface area contributed by atoms with Gasteiger partial charge in [-0.1, -0.05) is 105 Å². The van der Waals surface area contributed by atoms with Crippen molar-refractivity contribution in [2.24, 2.45) is 0 Å². The third kappa shape index (κ3) is 13.7. The smallest absolute Gasteiger partial charge is 0.215 e. The summed E-state index contributed by atoms with van der Waals surface area (Å²) in [4.78, 5) is 9.01. The van der Waals surface area contributed by atoms with Crippen LogP contribution in [0.5, 0.6) is 23.3 Å². The molecule has 0 saturated carbocycles. The number of pyridine rings is 2. The molecule has 4 heterocycles. The predicted octanol–water partition coefficient (Wildman–Crippen LogP) is 14.3. The Labute approximate surface area is 427 Å². The number of ether oxygens (including phenoxy) is 2. The molecule has 0 aliphatic heterocycles. The molecule has 0 spiro atoms. The molecule has 358 valence electrons. The van der Waals surface area contributed by atoms with Crippen LogP contribution in [0.4, 0.5) is 0 Å². The molecule has 4 aromatic heterocycles. The van der Waals surface area contributed by atoms with Gasteiger partial charge in [-0.2, -0.15) is 11.1 Å². The summed E-state index contributed by atoms with van der Waals surface area (Å²) in [7, 11) is 0. The first-order valence-electron chi connectivity index (χ1n) is 21.9. The van der Waals surface area contributed by atoms with E-state index >= 15 is 0 Å². The van der Waals surface area contributed by atoms with Crippen molar-refractivity contribution < 1.29 is 51.6 Å². The van der Waals surface area contributed by atoms with E-state index in [1.165, 1.54) is 22.3 Å². The average Bonchev–Trinajstić information content (AvgIpc) is 3.52. The van der Waals surface area contributed by atoms with Crippen LogP contribution in [0.25, 0.3) is 11.1 Å². The molecule has 6 aromatic rings. The van der Waals surface area contributed by atoms with Gasteiger partial charge in [-0.25, -0.2) is 34.2 Å². The van der Waals surface area contributed by atoms with Gasteiger partial charge in [0.1, 0.15) is 0 Å². The van der Waals surface area contributed by atoms with Crippen molar-refractivity contribution in [2.75, 3.05) is 0 Å². The summed E-state index contributed by atoms with van der Waals surface area (Å²) < 4.78 is 16.4. The largest absolute Gasteiger partial charge is 0.669 e. The normalized spacial score (nSPS) is 11.4. The maximum atomic E-state index is 7.05. The van der Waals surface area contributed by atoms with Crippen molar-refractivity contribution in [1.82, 2.24) is 19.1 Å². The second kappa shape index (κ2) is 22.5. The van der Waals surface area contributed by atoms with Crippen LogP contribution in [0.2, 0.25) is 0 Å². The van der Waals surface area contributed by atoms with Gasteiger partial charge in [0.05, 0.1) is 0 Å². The Kier molecular flexibility index (Phi) is 19.6. The van der Waals surface area contributed by atoms with Gasteiger partial charge in [0.2, 0.25) is 11.8 Å². The van der Waals surface area contributed by atoms with E-state index in [-0.39, 0.29) is 63.8 Å². The van der Waals surface area contributed by atoms with Crippen LogP contribution >= 0.6 is 0 Å². The molecule has 6 rings (SSSR count). The fraction of sp³-hybridized carbons (Fsp3) is 0.414. The molecule has 6 nitrogen and oxygen atoms in total. The van der Waals surface area contributed by atoms with E-state index < -0.39 is 0 Å². The minimum absolute atomic E-state index is 0. The van der Waals surface area contributed by atoms with Crippen LogP contribution in [-0.4, -0.2) is 19.1 Å². The summed E-state index contributed by atoms with van der Waals surface area (Å²) in [6, 6.07) is 30.5. The molecule has 0 radical (unpaired) electrons. The van der Waals surface area contributed by atoms with Crippen LogP contribution < -0.4 is 9.47 Å². The summed E-state index contributed by atoms with van der Waals surface area (Å²) in [5.41, 5.74) is 14.8. The van der Waals surface area contributed by atoms with Crippen molar-refractivity contribution in [3.05, 3.63) is 153 Å². The zero-order valence-corrected chi connectivity index (χ0v) is 47.4. The topological polar surface area (TPSA) is 54.1 Å². The van der Waals surface area contributed by atoms with E-state index in [1.54, 1.807) is 21.5 Å². The van der Waals surface area contributed by atoms with Crippen LogP contribution in [-0.2, 0) is 63.8 Å². The zero-order valence-electron chi connectivity index (χ0n) is 42.9. The summed E-state index contributed by atoms with van der Waals surface area (Å²) in [5.74, 6) is 2.29. The van der Waals surface area contributed by atoms with Gasteiger partial charge in [0.15, 0.2) is 0 Å². The monoisotopic (exact) mass is 1240 g/mol. The van der Waals surface area contributed by atoms with Crippen LogP contribution in [0.1, 0.15) is 150 Å². The van der Waals surface area contributed by atoms with E-state index in [4.69, 9.17) is 22.3 Å². The Morgan fingerprint density at radius 2 is 0.773 bits per heavy atom. The number of aromatic nitrogens is 4. The molecule has 0 atom stereocenters. The Morgan fingerprint density at radius 1 is 0.485 bits per heavy atom. The zero-order chi connectivity index (χ0) is 48.3. The summed E-state index contributed by atoms with van der Waals surface area (Å²) in [6.07, 6.45) is 17.7. The molecule has 0 aliphatic carbocycles. The number of nitrogens with zero attached hydrogens (tertiary/aromatic N) is 4. The SMILES string of the molecule is CC(C)(C)c1ccnc(Oc2[c-]c(-c3[c-]cc(C(C)(C)C)c(Oc4cc(C(C)(C)C)ccn4)[c-]3)[c-]cc2C(C)(C)C)c1.[C-]#Cn1c(C)c(C)c(C)c1C.[C-]#Cn1c(C)c(C)c(C)c1C.[Pt].[Pt]. The summed E-state index contributed by atoms with van der Waals surface area (Å²) in [6.45, 7) is 42.3. The number of hydrogen-bond donors (Lipinski definition) is 0. The van der Waals surface area contributed by atoms with Crippen molar-refractivity contribution in [3.63, 3.8) is 0 Å². The molecular weight excluding hydrogens is 1170 g/mol. The molecule has 0 amide bonds. The Hall–Kier alpha value is -4.60. The first-order chi connectivity index (χ1) is 29.5. The Morgan fingerprint density at radius 3 is 1.00 bits per heavy atom. The maximum absolute atomic E-state index is 7.05. The van der Waals surface area contributed by atoms with E-state index in [0.717, 1.165) is 45.0 Å². The van der Waals surface area contributed by atoms with Gasteiger partial charge in [-0.15, -0.1) is 0 Å². The second-order valence-corrected chi connectivity index (χ2v) is 20.8. The average molecular weight is 1240 g/mol. The van der Waals surface area contributed by atoms with Crippen molar-refractivity contribution in [3.8, 4) is 46.5 Å². The van der Waals surface area contributed by atoms with E-state index in [1.807, 2.05) is 64.1 Å². The number of hydrogen-bond acceptors (Lipinski definition) is 4. The molecule has 8 heteroatoms. The molecule has 66 heavy (non-hydrogen) atoms. The van der Waals surface area contributed by atoms with Gasteiger partial charge in [0, 0.05) is 89.4 Å². The van der Waals surface area contributed by atoms with E-state index in [0.29, 0.717) is 34.4 Å². The van der Waals surface area contributed by atoms with Gasteiger partial charge in [-0.05, 0) is 112 Å². The van der Waals surface area contributed by atoms with Gasteiger partial charge < -0.3 is 66.8 Å².